The number of hydrogen-bond donors (Lipinski definition) is 1. The molecule has 1 heterocycles. The van der Waals surface area contributed by atoms with Crippen LogP contribution in [0, 0.1) is 12.3 Å². The monoisotopic (exact) mass is 230 g/mol. The maximum atomic E-state index is 11.5. The fraction of sp³-hybridized carbons (Fsp3) is 0.125. The molecule has 0 radical (unpaired) electrons. The molecule has 1 rings (SSSR count). The quantitative estimate of drug-likeness (QED) is 0.613. The van der Waals surface area contributed by atoms with Gasteiger partial charge in [0.2, 0.25) is 10.0 Å². The van der Waals surface area contributed by atoms with Crippen molar-refractivity contribution in [2.45, 2.75) is 4.90 Å². The van der Waals surface area contributed by atoms with Crippen molar-refractivity contribution in [1.82, 2.24) is 9.71 Å². The molecule has 0 fully saturated rings. The van der Waals surface area contributed by atoms with E-state index in [1.165, 1.54) is 18.3 Å². The standard InChI is InChI=1S/C8H7ClN2O2S/c1-2-4-11-14(12,13)7-3-5-10-8(9)6-7/h1,3,5-6,11H,4H2. The Kier molecular flexibility index (Phi) is 3.47. The highest BCUT2D eigenvalue weighted by Crippen LogP contribution is 2.11. The SMILES string of the molecule is C#CCNS(=O)(=O)c1ccnc(Cl)c1. The summed E-state index contributed by atoms with van der Waals surface area (Å²) < 4.78 is 25.1. The van der Waals surface area contributed by atoms with Gasteiger partial charge in [0.25, 0.3) is 0 Å². The summed E-state index contributed by atoms with van der Waals surface area (Å²) in [5.74, 6) is 2.17. The summed E-state index contributed by atoms with van der Waals surface area (Å²) in [6.07, 6.45) is 6.24. The number of rotatable bonds is 3. The van der Waals surface area contributed by atoms with Crippen LogP contribution in [0.2, 0.25) is 5.15 Å². The molecule has 0 spiro atoms. The zero-order valence-corrected chi connectivity index (χ0v) is 8.64. The number of hydrogen-bond acceptors (Lipinski definition) is 3. The minimum Gasteiger partial charge on any atom is -0.244 e. The lowest BCUT2D eigenvalue weighted by molar-refractivity contribution is 0.586. The van der Waals surface area contributed by atoms with E-state index in [1.807, 2.05) is 0 Å². The fourth-order valence-electron chi connectivity index (χ4n) is 0.772. The molecule has 1 N–H and O–H groups in total. The van der Waals surface area contributed by atoms with Crippen molar-refractivity contribution in [2.75, 3.05) is 6.54 Å². The van der Waals surface area contributed by atoms with Gasteiger partial charge in [0.15, 0.2) is 0 Å². The van der Waals surface area contributed by atoms with Crippen molar-refractivity contribution in [3.05, 3.63) is 23.5 Å². The van der Waals surface area contributed by atoms with Gasteiger partial charge >= 0.3 is 0 Å². The lowest BCUT2D eigenvalue weighted by Crippen LogP contribution is -2.23. The van der Waals surface area contributed by atoms with Crippen LogP contribution < -0.4 is 4.72 Å². The van der Waals surface area contributed by atoms with E-state index in [-0.39, 0.29) is 16.6 Å². The number of aromatic nitrogens is 1. The lowest BCUT2D eigenvalue weighted by atomic mass is 10.5. The van der Waals surface area contributed by atoms with Gasteiger partial charge in [0.05, 0.1) is 11.4 Å². The fourth-order valence-corrected chi connectivity index (χ4v) is 1.96. The van der Waals surface area contributed by atoms with Crippen LogP contribution in [-0.4, -0.2) is 19.9 Å². The van der Waals surface area contributed by atoms with Gasteiger partial charge in [0, 0.05) is 6.20 Å². The van der Waals surface area contributed by atoms with Crippen molar-refractivity contribution in [2.24, 2.45) is 0 Å². The van der Waals surface area contributed by atoms with E-state index in [1.54, 1.807) is 0 Å². The van der Waals surface area contributed by atoms with E-state index in [0.29, 0.717) is 0 Å². The Morgan fingerprint density at radius 2 is 2.36 bits per heavy atom. The first kappa shape index (κ1) is 11.0. The van der Waals surface area contributed by atoms with Gasteiger partial charge in [-0.1, -0.05) is 17.5 Å². The second-order valence-corrected chi connectivity index (χ2v) is 4.50. The Labute approximate surface area is 87.4 Å². The third kappa shape index (κ3) is 2.70. The highest BCUT2D eigenvalue weighted by atomic mass is 35.5. The summed E-state index contributed by atoms with van der Waals surface area (Å²) in [5, 5.41) is 0.119. The molecule has 0 amide bonds. The first-order chi connectivity index (χ1) is 6.56. The predicted octanol–water partition coefficient (Wildman–Crippen LogP) is 0.646. The van der Waals surface area contributed by atoms with Gasteiger partial charge in [-0.25, -0.2) is 13.4 Å². The van der Waals surface area contributed by atoms with E-state index in [0.717, 1.165) is 0 Å². The molecule has 6 heteroatoms. The van der Waals surface area contributed by atoms with Crippen molar-refractivity contribution in [1.29, 1.82) is 0 Å². The van der Waals surface area contributed by atoms with Crippen molar-refractivity contribution in [3.63, 3.8) is 0 Å². The Morgan fingerprint density at radius 3 is 2.93 bits per heavy atom. The minimum absolute atomic E-state index is 0.0488. The first-order valence-corrected chi connectivity index (χ1v) is 5.47. The second-order valence-electron chi connectivity index (χ2n) is 2.34. The molecular formula is C8H7ClN2O2S. The first-order valence-electron chi connectivity index (χ1n) is 3.61. The van der Waals surface area contributed by atoms with Gasteiger partial charge < -0.3 is 0 Å². The third-order valence-corrected chi connectivity index (χ3v) is 2.98. The molecule has 0 aliphatic carbocycles. The number of halogens is 1. The van der Waals surface area contributed by atoms with E-state index in [4.69, 9.17) is 18.0 Å². The van der Waals surface area contributed by atoms with E-state index in [9.17, 15) is 8.42 Å². The lowest BCUT2D eigenvalue weighted by Gasteiger charge is -2.02. The summed E-state index contributed by atoms with van der Waals surface area (Å²) in [6, 6.07) is 2.59. The normalized spacial score (nSPS) is 10.9. The molecule has 1 aromatic heterocycles. The summed E-state index contributed by atoms with van der Waals surface area (Å²) in [7, 11) is -3.56. The average Bonchev–Trinajstić information content (AvgIpc) is 2.15. The molecule has 14 heavy (non-hydrogen) atoms. The Balaban J connectivity index is 3.00. The van der Waals surface area contributed by atoms with Gasteiger partial charge in [-0.2, -0.15) is 4.72 Å². The highest BCUT2D eigenvalue weighted by Gasteiger charge is 2.12. The Morgan fingerprint density at radius 1 is 1.64 bits per heavy atom. The Bertz CT molecular complexity index is 464. The average molecular weight is 231 g/mol. The summed E-state index contributed by atoms with van der Waals surface area (Å²) in [6.45, 7) is -0.0533. The van der Waals surface area contributed by atoms with Crippen LogP contribution in [0.15, 0.2) is 23.2 Å². The van der Waals surface area contributed by atoms with Gasteiger partial charge in [-0.15, -0.1) is 6.42 Å². The van der Waals surface area contributed by atoms with E-state index in [2.05, 4.69) is 15.6 Å². The number of nitrogens with one attached hydrogen (secondary N) is 1. The van der Waals surface area contributed by atoms with Crippen LogP contribution in [0.4, 0.5) is 0 Å². The molecule has 1 aromatic rings. The molecule has 0 saturated heterocycles. The topological polar surface area (TPSA) is 59.1 Å². The summed E-state index contributed by atoms with van der Waals surface area (Å²) >= 11 is 5.54. The molecular weight excluding hydrogens is 224 g/mol. The molecule has 0 aliphatic heterocycles. The third-order valence-electron chi connectivity index (χ3n) is 1.37. The summed E-state index contributed by atoms with van der Waals surface area (Å²) in [5.41, 5.74) is 0. The maximum Gasteiger partial charge on any atom is 0.241 e. The van der Waals surface area contributed by atoms with E-state index < -0.39 is 10.0 Å². The van der Waals surface area contributed by atoms with Crippen LogP contribution in [-0.2, 0) is 10.0 Å². The van der Waals surface area contributed by atoms with Crippen molar-refractivity contribution in [3.8, 4) is 12.3 Å². The van der Waals surface area contributed by atoms with E-state index >= 15 is 0 Å². The number of nitrogens with zero attached hydrogens (tertiary/aromatic N) is 1. The summed E-state index contributed by atoms with van der Waals surface area (Å²) in [4.78, 5) is 3.72. The van der Waals surface area contributed by atoms with Gasteiger partial charge in [-0.3, -0.25) is 0 Å². The number of terminal acetylenes is 1. The second kappa shape index (κ2) is 4.42. The number of sulfonamides is 1. The van der Waals surface area contributed by atoms with Crippen LogP contribution in [0.3, 0.4) is 0 Å². The van der Waals surface area contributed by atoms with Crippen LogP contribution >= 0.6 is 11.6 Å². The van der Waals surface area contributed by atoms with Crippen molar-refractivity contribution >= 4 is 21.6 Å². The van der Waals surface area contributed by atoms with Crippen LogP contribution in [0.1, 0.15) is 0 Å². The molecule has 74 valence electrons. The number of pyridine rings is 1. The molecule has 0 atom stereocenters. The predicted molar refractivity (Wildman–Crippen MR) is 53.3 cm³/mol. The molecule has 0 aromatic carbocycles. The van der Waals surface area contributed by atoms with Crippen LogP contribution in [0.5, 0.6) is 0 Å². The largest absolute Gasteiger partial charge is 0.244 e. The molecule has 0 aliphatic rings. The van der Waals surface area contributed by atoms with Gasteiger partial charge in [-0.05, 0) is 12.1 Å². The van der Waals surface area contributed by atoms with Gasteiger partial charge in [0.1, 0.15) is 5.15 Å². The zero-order valence-electron chi connectivity index (χ0n) is 7.07. The van der Waals surface area contributed by atoms with Crippen molar-refractivity contribution < 1.29 is 8.42 Å². The molecule has 0 bridgehead atoms. The molecule has 0 unspecified atom stereocenters. The smallest absolute Gasteiger partial charge is 0.241 e. The zero-order chi connectivity index (χ0) is 10.6. The maximum absolute atomic E-state index is 11.5. The van der Waals surface area contributed by atoms with Crippen LogP contribution in [0.25, 0.3) is 0 Å². The molecule has 4 nitrogen and oxygen atoms in total. The molecule has 0 saturated carbocycles. The Hall–Kier alpha value is -1.09. The highest BCUT2D eigenvalue weighted by molar-refractivity contribution is 7.89. The minimum atomic E-state index is -3.56.